The summed E-state index contributed by atoms with van der Waals surface area (Å²) in [5.74, 6) is 1.42. The largest absolute Gasteiger partial charge is 0.457 e. The van der Waals surface area contributed by atoms with E-state index in [1.807, 2.05) is 65.3 Å². The number of nitrogen functional groups attached to an aromatic ring is 1. The van der Waals surface area contributed by atoms with Gasteiger partial charge in [0.25, 0.3) is 5.91 Å². The third-order valence-corrected chi connectivity index (χ3v) is 7.55. The van der Waals surface area contributed by atoms with Crippen LogP contribution in [0.3, 0.4) is 0 Å². The van der Waals surface area contributed by atoms with Crippen LogP contribution in [0.5, 0.6) is 11.5 Å². The van der Waals surface area contributed by atoms with E-state index < -0.39 is 0 Å². The molecule has 0 aliphatic carbocycles. The zero-order valence-electron chi connectivity index (χ0n) is 22.5. The summed E-state index contributed by atoms with van der Waals surface area (Å²) in [6.07, 6.45) is 4.48. The lowest BCUT2D eigenvalue weighted by Gasteiger charge is -2.32. The van der Waals surface area contributed by atoms with Crippen molar-refractivity contribution in [1.82, 2.24) is 24.6 Å². The number of likely N-dealkylation sites (tertiary alicyclic amines) is 1. The van der Waals surface area contributed by atoms with Crippen molar-refractivity contribution in [3.8, 4) is 28.8 Å². The van der Waals surface area contributed by atoms with Crippen LogP contribution in [0.2, 0.25) is 5.02 Å². The smallest absolute Gasteiger partial charge is 0.264 e. The number of hydrogen-bond donors (Lipinski definition) is 1. The molecule has 1 fully saturated rings. The van der Waals surface area contributed by atoms with Gasteiger partial charge in [-0.05, 0) is 66.9 Å². The van der Waals surface area contributed by atoms with E-state index in [9.17, 15) is 10.1 Å². The number of rotatable bonds is 6. The van der Waals surface area contributed by atoms with Gasteiger partial charge in [-0.3, -0.25) is 4.79 Å². The number of nitrogens with zero attached hydrogens (tertiary/aromatic N) is 6. The fourth-order valence-corrected chi connectivity index (χ4v) is 5.35. The Balaban J connectivity index is 1.29. The molecule has 0 saturated carbocycles. The van der Waals surface area contributed by atoms with Crippen LogP contribution >= 0.6 is 11.6 Å². The lowest BCUT2D eigenvalue weighted by atomic mass is 10.0. The normalized spacial score (nSPS) is 15.4. The number of anilines is 1. The van der Waals surface area contributed by atoms with Crippen molar-refractivity contribution in [2.75, 3.05) is 18.8 Å². The highest BCUT2D eigenvalue weighted by Gasteiger charge is 2.30. The van der Waals surface area contributed by atoms with Gasteiger partial charge in [0, 0.05) is 23.7 Å². The fraction of sp³-hybridized carbons (Fsp3) is 0.156. The van der Waals surface area contributed by atoms with Gasteiger partial charge >= 0.3 is 0 Å². The minimum Gasteiger partial charge on any atom is -0.457 e. The molecule has 1 aliphatic rings. The number of para-hydroxylation sites is 1. The van der Waals surface area contributed by atoms with E-state index in [1.165, 1.54) is 12.4 Å². The van der Waals surface area contributed by atoms with Crippen LogP contribution < -0.4 is 10.5 Å². The number of aromatic nitrogens is 4. The van der Waals surface area contributed by atoms with Gasteiger partial charge in [-0.2, -0.15) is 10.4 Å². The molecule has 1 saturated heterocycles. The number of nitrogens with two attached hydrogens (primary N) is 1. The molecule has 42 heavy (non-hydrogen) atoms. The second-order valence-corrected chi connectivity index (χ2v) is 10.3. The van der Waals surface area contributed by atoms with E-state index in [4.69, 9.17) is 27.2 Å². The van der Waals surface area contributed by atoms with E-state index >= 15 is 0 Å². The van der Waals surface area contributed by atoms with Crippen molar-refractivity contribution >= 4 is 40.4 Å². The van der Waals surface area contributed by atoms with Gasteiger partial charge in [0.15, 0.2) is 5.65 Å². The van der Waals surface area contributed by atoms with Crippen LogP contribution in [0.25, 0.3) is 28.4 Å². The summed E-state index contributed by atoms with van der Waals surface area (Å²) < 4.78 is 7.77. The molecule has 10 heteroatoms. The first-order chi connectivity index (χ1) is 20.5. The minimum absolute atomic E-state index is 0.0270. The molecule has 3 heterocycles. The summed E-state index contributed by atoms with van der Waals surface area (Å²) >= 11 is 6.27. The molecular weight excluding hydrogens is 550 g/mol. The molecule has 0 bridgehead atoms. The van der Waals surface area contributed by atoms with Crippen molar-refractivity contribution in [3.63, 3.8) is 0 Å². The lowest BCUT2D eigenvalue weighted by Crippen LogP contribution is -2.41. The first-order valence-electron chi connectivity index (χ1n) is 13.5. The number of carbonyl (C=O) groups is 1. The van der Waals surface area contributed by atoms with Gasteiger partial charge in [0.05, 0.1) is 11.4 Å². The van der Waals surface area contributed by atoms with Crippen LogP contribution in [-0.2, 0) is 4.79 Å². The molecular formula is C32H26ClN7O2. The summed E-state index contributed by atoms with van der Waals surface area (Å²) in [4.78, 5) is 23.9. The third kappa shape index (κ3) is 5.40. The quantitative estimate of drug-likeness (QED) is 0.186. The zero-order valence-corrected chi connectivity index (χ0v) is 23.3. The van der Waals surface area contributed by atoms with Crippen LogP contribution in [0.15, 0.2) is 90.8 Å². The number of amides is 1. The molecule has 2 aromatic heterocycles. The van der Waals surface area contributed by atoms with E-state index in [2.05, 4.69) is 16.0 Å². The molecule has 1 atom stereocenters. The molecule has 5 aromatic rings. The lowest BCUT2D eigenvalue weighted by molar-refractivity contribution is -0.128. The number of nitriles is 1. The third-order valence-electron chi connectivity index (χ3n) is 7.21. The maximum Gasteiger partial charge on any atom is 0.264 e. The second-order valence-electron chi connectivity index (χ2n) is 9.93. The number of benzene rings is 3. The van der Waals surface area contributed by atoms with Gasteiger partial charge < -0.3 is 15.4 Å². The number of ether oxygens (including phenoxy) is 1. The molecule has 2 N–H and O–H groups in total. The summed E-state index contributed by atoms with van der Waals surface area (Å²) in [5.41, 5.74) is 9.06. The Kier molecular flexibility index (Phi) is 7.54. The molecule has 1 unspecified atom stereocenters. The number of halogens is 1. The molecule has 6 rings (SSSR count). The Labute approximate surface area is 247 Å². The van der Waals surface area contributed by atoms with Crippen molar-refractivity contribution in [3.05, 3.63) is 101 Å². The molecule has 3 aromatic carbocycles. The van der Waals surface area contributed by atoms with Gasteiger partial charge in [0.1, 0.15) is 41.0 Å². The SMILES string of the molecule is N#CC(=Cc1ccccc1Cl)C(=O)N1CCCC(n2nc(-c3ccc(Oc4ccccc4)cc3)c3c(N)ncnc32)C1. The highest BCUT2D eigenvalue weighted by atomic mass is 35.5. The van der Waals surface area contributed by atoms with Crippen LogP contribution in [0.4, 0.5) is 5.82 Å². The van der Waals surface area contributed by atoms with Crippen molar-refractivity contribution < 1.29 is 9.53 Å². The predicted octanol–water partition coefficient (Wildman–Crippen LogP) is 6.29. The van der Waals surface area contributed by atoms with Crippen LogP contribution in [0.1, 0.15) is 24.4 Å². The fourth-order valence-electron chi connectivity index (χ4n) is 5.16. The van der Waals surface area contributed by atoms with Gasteiger partial charge in [-0.15, -0.1) is 0 Å². The highest BCUT2D eigenvalue weighted by Crippen LogP contribution is 2.35. The van der Waals surface area contributed by atoms with Crippen molar-refractivity contribution in [2.45, 2.75) is 18.9 Å². The number of fused-ring (bicyclic) bond motifs is 1. The highest BCUT2D eigenvalue weighted by molar-refractivity contribution is 6.32. The van der Waals surface area contributed by atoms with Crippen molar-refractivity contribution in [2.24, 2.45) is 0 Å². The Bertz CT molecular complexity index is 1830. The first kappa shape index (κ1) is 27.0. The molecule has 0 spiro atoms. The maximum absolute atomic E-state index is 13.4. The van der Waals surface area contributed by atoms with E-state index in [0.29, 0.717) is 52.0 Å². The monoisotopic (exact) mass is 575 g/mol. The summed E-state index contributed by atoms with van der Waals surface area (Å²) in [7, 11) is 0. The van der Waals surface area contributed by atoms with E-state index in [0.717, 1.165) is 24.2 Å². The zero-order chi connectivity index (χ0) is 29.1. The summed E-state index contributed by atoms with van der Waals surface area (Å²) in [6.45, 7) is 0.896. The average Bonchev–Trinajstić information content (AvgIpc) is 3.42. The van der Waals surface area contributed by atoms with Gasteiger partial charge in [0.2, 0.25) is 0 Å². The second kappa shape index (κ2) is 11.7. The van der Waals surface area contributed by atoms with Crippen molar-refractivity contribution in [1.29, 1.82) is 5.26 Å². The molecule has 0 radical (unpaired) electrons. The Morgan fingerprint density at radius 1 is 1.02 bits per heavy atom. The van der Waals surface area contributed by atoms with Gasteiger partial charge in [-0.1, -0.05) is 48.0 Å². The maximum atomic E-state index is 13.4. The number of hydrogen-bond acceptors (Lipinski definition) is 7. The van der Waals surface area contributed by atoms with Gasteiger partial charge in [-0.25, -0.2) is 14.6 Å². The Morgan fingerprint density at radius 3 is 2.52 bits per heavy atom. The summed E-state index contributed by atoms with van der Waals surface area (Å²) in [5, 5.41) is 15.9. The minimum atomic E-state index is -0.345. The molecule has 9 nitrogen and oxygen atoms in total. The predicted molar refractivity (Wildman–Crippen MR) is 162 cm³/mol. The number of carbonyl (C=O) groups excluding carboxylic acids is 1. The van der Waals surface area contributed by atoms with Crippen LogP contribution in [0, 0.1) is 11.3 Å². The molecule has 1 aliphatic heterocycles. The van der Waals surface area contributed by atoms with E-state index in [-0.39, 0.29) is 17.5 Å². The Hall–Kier alpha value is -5.20. The average molecular weight is 576 g/mol. The first-order valence-corrected chi connectivity index (χ1v) is 13.9. The van der Waals surface area contributed by atoms with E-state index in [1.54, 1.807) is 23.1 Å². The summed E-state index contributed by atoms with van der Waals surface area (Å²) in [6, 6.07) is 26.2. The topological polar surface area (TPSA) is 123 Å². The molecule has 1 amide bonds. The molecule has 208 valence electrons. The van der Waals surface area contributed by atoms with Crippen LogP contribution in [-0.4, -0.2) is 43.6 Å². The standard InChI is InChI=1S/C32H26ClN7O2/c33-27-11-5-4-7-22(27)17-23(18-34)32(41)39-16-6-8-24(19-39)40-31-28(30(35)36-20-37-31)29(38-40)21-12-14-26(15-13-21)42-25-9-2-1-3-10-25/h1-5,7,9-15,17,20,24H,6,8,16,19H2,(H2,35,36,37). The Morgan fingerprint density at radius 2 is 1.76 bits per heavy atom. The number of piperidine rings is 1.